The SMILES string of the molecule is C=CC(=O)OCC[N+](C)(CC)Cc1ccc(C(=O)c2ccccc2)cc1. The van der Waals surface area contributed by atoms with Crippen LogP contribution >= 0.6 is 0 Å². The second kappa shape index (κ2) is 9.11. The molecule has 2 rings (SSSR count). The molecule has 0 bridgehead atoms. The lowest BCUT2D eigenvalue weighted by Gasteiger charge is -2.33. The van der Waals surface area contributed by atoms with Gasteiger partial charge in [-0.3, -0.25) is 4.79 Å². The van der Waals surface area contributed by atoms with Gasteiger partial charge in [-0.05, 0) is 6.92 Å². The lowest BCUT2D eigenvalue weighted by Crippen LogP contribution is -2.45. The summed E-state index contributed by atoms with van der Waals surface area (Å²) in [6.07, 6.45) is 1.18. The van der Waals surface area contributed by atoms with Crippen LogP contribution in [0, 0.1) is 0 Å². The number of hydrogen-bond donors (Lipinski definition) is 0. The number of quaternary nitrogens is 1. The maximum Gasteiger partial charge on any atom is 0.330 e. The van der Waals surface area contributed by atoms with E-state index in [4.69, 9.17) is 4.74 Å². The summed E-state index contributed by atoms with van der Waals surface area (Å²) < 4.78 is 5.86. The van der Waals surface area contributed by atoms with E-state index in [1.807, 2.05) is 54.6 Å². The van der Waals surface area contributed by atoms with Crippen molar-refractivity contribution in [1.82, 2.24) is 0 Å². The number of carbonyl (C=O) groups excluding carboxylic acids is 2. The highest BCUT2D eigenvalue weighted by atomic mass is 16.5. The van der Waals surface area contributed by atoms with E-state index in [1.165, 1.54) is 6.08 Å². The quantitative estimate of drug-likeness (QED) is 0.300. The number of benzene rings is 2. The Morgan fingerprint density at radius 2 is 1.65 bits per heavy atom. The molecule has 0 radical (unpaired) electrons. The van der Waals surface area contributed by atoms with Crippen LogP contribution < -0.4 is 0 Å². The number of carbonyl (C=O) groups is 2. The normalized spacial score (nSPS) is 12.8. The van der Waals surface area contributed by atoms with Gasteiger partial charge in [-0.1, -0.05) is 61.2 Å². The fourth-order valence-corrected chi connectivity index (χ4v) is 2.73. The maximum atomic E-state index is 12.5. The van der Waals surface area contributed by atoms with Gasteiger partial charge in [0.15, 0.2) is 5.78 Å². The average Bonchev–Trinajstić information content (AvgIpc) is 2.68. The van der Waals surface area contributed by atoms with Gasteiger partial charge in [0.2, 0.25) is 0 Å². The van der Waals surface area contributed by atoms with Gasteiger partial charge in [-0.25, -0.2) is 4.79 Å². The summed E-state index contributed by atoms with van der Waals surface area (Å²) in [6, 6.07) is 17.0. The van der Waals surface area contributed by atoms with E-state index in [-0.39, 0.29) is 5.78 Å². The second-order valence-corrected chi connectivity index (χ2v) is 6.58. The minimum atomic E-state index is -0.392. The Labute approximate surface area is 155 Å². The average molecular weight is 352 g/mol. The van der Waals surface area contributed by atoms with Gasteiger partial charge in [-0.2, -0.15) is 0 Å². The molecule has 26 heavy (non-hydrogen) atoms. The maximum absolute atomic E-state index is 12.5. The lowest BCUT2D eigenvalue weighted by molar-refractivity contribution is -0.921. The molecule has 1 atom stereocenters. The van der Waals surface area contributed by atoms with Crippen LogP contribution in [-0.2, 0) is 16.1 Å². The molecule has 2 aromatic rings. The number of hydrogen-bond acceptors (Lipinski definition) is 3. The highest BCUT2D eigenvalue weighted by Gasteiger charge is 2.20. The zero-order valence-corrected chi connectivity index (χ0v) is 15.5. The van der Waals surface area contributed by atoms with Crippen molar-refractivity contribution in [1.29, 1.82) is 0 Å². The van der Waals surface area contributed by atoms with Gasteiger partial charge in [-0.15, -0.1) is 0 Å². The minimum Gasteiger partial charge on any atom is -0.457 e. The largest absolute Gasteiger partial charge is 0.457 e. The van der Waals surface area contributed by atoms with E-state index < -0.39 is 5.97 Å². The van der Waals surface area contributed by atoms with Gasteiger partial charge < -0.3 is 9.22 Å². The van der Waals surface area contributed by atoms with Crippen molar-refractivity contribution in [3.63, 3.8) is 0 Å². The number of likely N-dealkylation sites (N-methyl/N-ethyl adjacent to an activating group) is 1. The van der Waals surface area contributed by atoms with Crippen molar-refractivity contribution in [2.75, 3.05) is 26.7 Å². The molecule has 0 fully saturated rings. The molecule has 0 saturated carbocycles. The molecular weight excluding hydrogens is 326 g/mol. The minimum absolute atomic E-state index is 0.0289. The molecule has 0 aliphatic heterocycles. The first kappa shape index (κ1) is 19.6. The molecule has 0 heterocycles. The van der Waals surface area contributed by atoms with Crippen LogP contribution in [0.2, 0.25) is 0 Å². The molecule has 0 amide bonds. The van der Waals surface area contributed by atoms with Gasteiger partial charge >= 0.3 is 5.97 Å². The highest BCUT2D eigenvalue weighted by Crippen LogP contribution is 2.15. The molecule has 2 aromatic carbocycles. The molecule has 0 spiro atoms. The third kappa shape index (κ3) is 5.39. The fourth-order valence-electron chi connectivity index (χ4n) is 2.73. The summed E-state index contributed by atoms with van der Waals surface area (Å²) in [7, 11) is 2.13. The van der Waals surface area contributed by atoms with Crippen molar-refractivity contribution in [3.05, 3.63) is 83.9 Å². The molecular formula is C22H26NO3+. The number of esters is 1. The van der Waals surface area contributed by atoms with Crippen LogP contribution in [0.5, 0.6) is 0 Å². The van der Waals surface area contributed by atoms with Gasteiger partial charge in [0.1, 0.15) is 19.7 Å². The van der Waals surface area contributed by atoms with Crippen LogP contribution in [0.3, 0.4) is 0 Å². The molecule has 4 heteroatoms. The molecule has 0 N–H and O–H groups in total. The number of ether oxygens (including phenoxy) is 1. The molecule has 1 unspecified atom stereocenters. The van der Waals surface area contributed by atoms with Gasteiger partial charge in [0.25, 0.3) is 0 Å². The Kier molecular flexibility index (Phi) is 6.87. The number of nitrogens with zero attached hydrogens (tertiary/aromatic N) is 1. The monoisotopic (exact) mass is 352 g/mol. The van der Waals surface area contributed by atoms with Crippen molar-refractivity contribution in [2.24, 2.45) is 0 Å². The zero-order valence-electron chi connectivity index (χ0n) is 15.5. The molecule has 0 aliphatic carbocycles. The summed E-state index contributed by atoms with van der Waals surface area (Å²) in [5.74, 6) is -0.363. The Hall–Kier alpha value is -2.72. The van der Waals surface area contributed by atoms with Crippen LogP contribution in [-0.4, -0.2) is 43.0 Å². The van der Waals surface area contributed by atoms with E-state index in [0.29, 0.717) is 17.7 Å². The van der Waals surface area contributed by atoms with E-state index in [2.05, 4.69) is 20.6 Å². The predicted molar refractivity (Wildman–Crippen MR) is 103 cm³/mol. The summed E-state index contributed by atoms with van der Waals surface area (Å²) in [4.78, 5) is 23.7. The first-order valence-corrected chi connectivity index (χ1v) is 8.79. The Morgan fingerprint density at radius 3 is 2.23 bits per heavy atom. The Bertz CT molecular complexity index is 753. The standard InChI is InChI=1S/C22H26NO3/c1-4-21(24)26-16-15-23(3,5-2)17-18-11-13-20(14-12-18)22(25)19-9-7-6-8-10-19/h4,6-14H,1,5,15-17H2,2-3H3/q+1. The number of rotatable bonds is 9. The third-order valence-electron chi connectivity index (χ3n) is 4.62. The fraction of sp³-hybridized carbons (Fsp3) is 0.273. The van der Waals surface area contributed by atoms with Crippen LogP contribution in [0.15, 0.2) is 67.3 Å². The molecule has 0 saturated heterocycles. The zero-order chi connectivity index (χ0) is 19.0. The van der Waals surface area contributed by atoms with Crippen LogP contribution in [0.25, 0.3) is 0 Å². The Balaban J connectivity index is 2.01. The smallest absolute Gasteiger partial charge is 0.330 e. The molecule has 4 nitrogen and oxygen atoms in total. The predicted octanol–water partition coefficient (Wildman–Crippen LogP) is 3.61. The first-order valence-electron chi connectivity index (χ1n) is 8.79. The van der Waals surface area contributed by atoms with Crippen molar-refractivity contribution in [3.8, 4) is 0 Å². The molecule has 136 valence electrons. The van der Waals surface area contributed by atoms with E-state index in [1.54, 1.807) is 0 Å². The van der Waals surface area contributed by atoms with Gasteiger partial charge in [0, 0.05) is 22.8 Å². The second-order valence-electron chi connectivity index (χ2n) is 6.58. The van der Waals surface area contributed by atoms with E-state index in [9.17, 15) is 9.59 Å². The molecule has 0 aliphatic rings. The van der Waals surface area contributed by atoms with Crippen LogP contribution in [0.4, 0.5) is 0 Å². The van der Waals surface area contributed by atoms with Crippen molar-refractivity contribution >= 4 is 11.8 Å². The van der Waals surface area contributed by atoms with Crippen molar-refractivity contribution in [2.45, 2.75) is 13.5 Å². The van der Waals surface area contributed by atoms with E-state index >= 15 is 0 Å². The van der Waals surface area contributed by atoms with Gasteiger partial charge in [0.05, 0.1) is 13.6 Å². The van der Waals surface area contributed by atoms with Crippen molar-refractivity contribution < 1.29 is 18.8 Å². The summed E-state index contributed by atoms with van der Waals surface area (Å²) in [5.41, 5.74) is 2.53. The summed E-state index contributed by atoms with van der Waals surface area (Å²) >= 11 is 0. The lowest BCUT2D eigenvalue weighted by atomic mass is 10.0. The highest BCUT2D eigenvalue weighted by molar-refractivity contribution is 6.08. The Morgan fingerprint density at radius 1 is 1.04 bits per heavy atom. The van der Waals surface area contributed by atoms with E-state index in [0.717, 1.165) is 29.7 Å². The first-order chi connectivity index (χ1) is 12.5. The topological polar surface area (TPSA) is 43.4 Å². The summed E-state index contributed by atoms with van der Waals surface area (Å²) in [5, 5.41) is 0. The third-order valence-corrected chi connectivity index (χ3v) is 4.62. The van der Waals surface area contributed by atoms with Crippen LogP contribution in [0.1, 0.15) is 28.4 Å². The number of ketones is 1. The molecule has 0 aromatic heterocycles. The summed E-state index contributed by atoms with van der Waals surface area (Å²) in [6.45, 7) is 8.32.